The molecule has 2 N–H and O–H groups in total. The van der Waals surface area contributed by atoms with Gasteiger partial charge in [0, 0.05) is 19.1 Å². The van der Waals surface area contributed by atoms with E-state index >= 15 is 0 Å². The summed E-state index contributed by atoms with van der Waals surface area (Å²) in [6, 6.07) is 9.72. The van der Waals surface area contributed by atoms with Crippen LogP contribution in [0.5, 0.6) is 0 Å². The first-order chi connectivity index (χ1) is 9.53. The zero-order valence-corrected chi connectivity index (χ0v) is 14.1. The monoisotopic (exact) mass is 332 g/mol. The Bertz CT molecular complexity index is 522. The van der Waals surface area contributed by atoms with Crippen molar-refractivity contribution in [2.75, 3.05) is 18.8 Å². The van der Waals surface area contributed by atoms with Gasteiger partial charge in [0.05, 0.1) is 5.75 Å². The Balaban J connectivity index is 0.00000220. The fourth-order valence-electron chi connectivity index (χ4n) is 2.82. The summed E-state index contributed by atoms with van der Waals surface area (Å²) in [6.45, 7) is 3.19. The van der Waals surface area contributed by atoms with Crippen LogP contribution in [0.4, 0.5) is 0 Å². The van der Waals surface area contributed by atoms with Crippen molar-refractivity contribution in [3.05, 3.63) is 35.9 Å². The minimum Gasteiger partial charge on any atom is -0.329 e. The smallest absolute Gasteiger partial charge is 0.214 e. The van der Waals surface area contributed by atoms with Gasteiger partial charge in [-0.1, -0.05) is 37.3 Å². The molecule has 1 aliphatic rings. The fraction of sp³-hybridized carbons (Fsp3) is 0.600. The van der Waals surface area contributed by atoms with Gasteiger partial charge in [0.25, 0.3) is 0 Å². The van der Waals surface area contributed by atoms with Crippen LogP contribution in [0, 0.1) is 5.92 Å². The predicted molar refractivity (Wildman–Crippen MR) is 89.1 cm³/mol. The van der Waals surface area contributed by atoms with Crippen molar-refractivity contribution in [2.24, 2.45) is 11.7 Å². The van der Waals surface area contributed by atoms with Gasteiger partial charge in [-0.2, -0.15) is 4.31 Å². The highest BCUT2D eigenvalue weighted by atomic mass is 35.5. The van der Waals surface area contributed by atoms with Gasteiger partial charge >= 0.3 is 0 Å². The second-order valence-electron chi connectivity index (χ2n) is 5.68. The van der Waals surface area contributed by atoms with E-state index in [9.17, 15) is 8.42 Å². The zero-order chi connectivity index (χ0) is 14.6. The molecule has 120 valence electrons. The van der Waals surface area contributed by atoms with Crippen LogP contribution in [0.15, 0.2) is 30.3 Å². The number of halogens is 1. The van der Waals surface area contributed by atoms with E-state index in [1.165, 1.54) is 0 Å². The number of nitrogens with two attached hydrogens (primary N) is 1. The van der Waals surface area contributed by atoms with Gasteiger partial charge in [-0.15, -0.1) is 12.4 Å². The number of hydrogen-bond acceptors (Lipinski definition) is 3. The van der Waals surface area contributed by atoms with E-state index in [0.717, 1.165) is 18.4 Å². The molecule has 0 aromatic heterocycles. The van der Waals surface area contributed by atoms with Crippen LogP contribution in [-0.4, -0.2) is 37.6 Å². The highest BCUT2D eigenvalue weighted by molar-refractivity contribution is 7.89. The van der Waals surface area contributed by atoms with Crippen molar-refractivity contribution in [1.82, 2.24) is 4.31 Å². The summed E-state index contributed by atoms with van der Waals surface area (Å²) in [6.07, 6.45) is 2.37. The summed E-state index contributed by atoms with van der Waals surface area (Å²) < 4.78 is 26.6. The van der Waals surface area contributed by atoms with Crippen molar-refractivity contribution in [2.45, 2.75) is 32.2 Å². The van der Waals surface area contributed by atoms with Crippen LogP contribution in [0.1, 0.15) is 25.3 Å². The van der Waals surface area contributed by atoms with Crippen LogP contribution < -0.4 is 5.73 Å². The topological polar surface area (TPSA) is 63.4 Å². The molecule has 1 aromatic carbocycles. The molecule has 4 nitrogen and oxygen atoms in total. The van der Waals surface area contributed by atoms with E-state index in [-0.39, 0.29) is 24.2 Å². The first-order valence-electron chi connectivity index (χ1n) is 7.26. The summed E-state index contributed by atoms with van der Waals surface area (Å²) in [4.78, 5) is 0. The highest BCUT2D eigenvalue weighted by Gasteiger charge is 2.33. The molecule has 6 heteroatoms. The molecule has 1 fully saturated rings. The maximum atomic E-state index is 12.5. The lowest BCUT2D eigenvalue weighted by atomic mass is 9.94. The van der Waals surface area contributed by atoms with E-state index in [2.05, 4.69) is 6.92 Å². The summed E-state index contributed by atoms with van der Waals surface area (Å²) in [7, 11) is -3.21. The van der Waals surface area contributed by atoms with Crippen LogP contribution >= 0.6 is 12.4 Å². The molecule has 0 amide bonds. The Kier molecular flexibility index (Phi) is 7.13. The fourth-order valence-corrected chi connectivity index (χ4v) is 4.56. The third kappa shape index (κ3) is 4.95. The van der Waals surface area contributed by atoms with E-state index in [1.54, 1.807) is 4.31 Å². The number of hydrogen-bond donors (Lipinski definition) is 1. The van der Waals surface area contributed by atoms with E-state index < -0.39 is 10.0 Å². The quantitative estimate of drug-likeness (QED) is 0.897. The lowest BCUT2D eigenvalue weighted by Gasteiger charge is -2.36. The van der Waals surface area contributed by atoms with Crippen molar-refractivity contribution >= 4 is 22.4 Å². The standard InChI is InChI=1S/C15H24N2O2S.ClH/c1-13-7-9-17(15(11-13)12-16)20(18,19)10-8-14-5-3-2-4-6-14;/h2-6,13,15H,7-12,16H2,1H3;1H. The van der Waals surface area contributed by atoms with Crippen LogP contribution in [0.2, 0.25) is 0 Å². The Hall–Kier alpha value is -0.620. The maximum Gasteiger partial charge on any atom is 0.214 e. The summed E-state index contributed by atoms with van der Waals surface area (Å²) in [5.74, 6) is 0.728. The minimum absolute atomic E-state index is 0. The number of piperidine rings is 1. The summed E-state index contributed by atoms with van der Waals surface area (Å²) in [5, 5.41) is 0. The van der Waals surface area contributed by atoms with Crippen molar-refractivity contribution in [3.63, 3.8) is 0 Å². The van der Waals surface area contributed by atoms with Gasteiger partial charge in [-0.3, -0.25) is 0 Å². The normalized spacial score (nSPS) is 23.5. The van der Waals surface area contributed by atoms with Crippen LogP contribution in [0.3, 0.4) is 0 Å². The van der Waals surface area contributed by atoms with Crippen LogP contribution in [0.25, 0.3) is 0 Å². The van der Waals surface area contributed by atoms with Gasteiger partial charge in [-0.25, -0.2) is 8.42 Å². The molecule has 1 saturated heterocycles. The van der Waals surface area contributed by atoms with E-state index in [1.807, 2.05) is 30.3 Å². The third-order valence-electron chi connectivity index (χ3n) is 4.04. The highest BCUT2D eigenvalue weighted by Crippen LogP contribution is 2.25. The number of aryl methyl sites for hydroxylation is 1. The molecule has 0 spiro atoms. The first kappa shape index (κ1) is 18.4. The molecule has 1 aromatic rings. The van der Waals surface area contributed by atoms with Gasteiger partial charge in [0.15, 0.2) is 0 Å². The number of benzene rings is 1. The van der Waals surface area contributed by atoms with Crippen molar-refractivity contribution in [1.29, 1.82) is 0 Å². The van der Waals surface area contributed by atoms with Gasteiger partial charge in [0.1, 0.15) is 0 Å². The molecule has 1 aliphatic heterocycles. The van der Waals surface area contributed by atoms with Gasteiger partial charge in [0.2, 0.25) is 10.0 Å². The molecule has 0 bridgehead atoms. The molecule has 0 aliphatic carbocycles. The third-order valence-corrected chi connectivity index (χ3v) is 5.96. The largest absolute Gasteiger partial charge is 0.329 e. The number of sulfonamides is 1. The average Bonchev–Trinajstić information content (AvgIpc) is 2.46. The van der Waals surface area contributed by atoms with Crippen LogP contribution in [-0.2, 0) is 16.4 Å². The Morgan fingerprint density at radius 3 is 2.57 bits per heavy atom. The Morgan fingerprint density at radius 1 is 1.29 bits per heavy atom. The Morgan fingerprint density at radius 2 is 1.95 bits per heavy atom. The summed E-state index contributed by atoms with van der Waals surface area (Å²) >= 11 is 0. The van der Waals surface area contributed by atoms with Gasteiger partial charge in [-0.05, 0) is 30.7 Å². The molecule has 0 radical (unpaired) electrons. The maximum absolute atomic E-state index is 12.5. The lowest BCUT2D eigenvalue weighted by Crippen LogP contribution is -2.50. The van der Waals surface area contributed by atoms with Crippen molar-refractivity contribution < 1.29 is 8.42 Å². The molecule has 2 unspecified atom stereocenters. The van der Waals surface area contributed by atoms with Crippen molar-refractivity contribution in [3.8, 4) is 0 Å². The lowest BCUT2D eigenvalue weighted by molar-refractivity contribution is 0.211. The molecule has 21 heavy (non-hydrogen) atoms. The zero-order valence-electron chi connectivity index (χ0n) is 12.4. The second kappa shape index (κ2) is 8.13. The van der Waals surface area contributed by atoms with Gasteiger partial charge < -0.3 is 5.73 Å². The predicted octanol–water partition coefficient (Wildman–Crippen LogP) is 2.04. The molecule has 1 heterocycles. The summed E-state index contributed by atoms with van der Waals surface area (Å²) in [5.41, 5.74) is 6.81. The first-order valence-corrected chi connectivity index (χ1v) is 8.87. The van der Waals surface area contributed by atoms with E-state index in [0.29, 0.717) is 25.4 Å². The Labute approximate surface area is 134 Å². The number of rotatable bonds is 5. The molecule has 2 rings (SSSR count). The minimum atomic E-state index is -3.21. The SMILES string of the molecule is CC1CCN(S(=O)(=O)CCc2ccccc2)C(CN)C1.Cl. The molecule has 2 atom stereocenters. The molecule has 0 saturated carbocycles. The molecular weight excluding hydrogens is 308 g/mol. The number of nitrogens with zero attached hydrogens (tertiary/aromatic N) is 1. The van der Waals surface area contributed by atoms with E-state index in [4.69, 9.17) is 5.73 Å². The second-order valence-corrected chi connectivity index (χ2v) is 7.72. The molecular formula is C15H25ClN2O2S. The average molecular weight is 333 g/mol.